The summed E-state index contributed by atoms with van der Waals surface area (Å²) in [6, 6.07) is 11.2. The van der Waals surface area contributed by atoms with Crippen LogP contribution in [0.15, 0.2) is 30.3 Å². The molecule has 0 aromatic heterocycles. The topological polar surface area (TPSA) is 23.8 Å². The second-order valence-electron chi connectivity index (χ2n) is 1.52. The van der Waals surface area contributed by atoms with Crippen LogP contribution in [0.1, 0.15) is 5.56 Å². The number of benzene rings is 1. The molecule has 11 heavy (non-hydrogen) atoms. The SMILES string of the molecule is N#Cc1ccccc1.[Cl][Cu][Cl]. The zero-order valence-electron chi connectivity index (χ0n) is 5.39. The van der Waals surface area contributed by atoms with Crippen molar-refractivity contribution in [2.45, 2.75) is 0 Å². The maximum atomic E-state index is 8.29. The molecule has 0 spiro atoms. The van der Waals surface area contributed by atoms with Crippen LogP contribution in [0, 0.1) is 11.3 Å². The fraction of sp³-hybridized carbons (Fsp3) is 0. The summed E-state index contributed by atoms with van der Waals surface area (Å²) in [5.74, 6) is 0. The molecule has 0 fully saturated rings. The summed E-state index contributed by atoms with van der Waals surface area (Å²) in [4.78, 5) is 0. The zero-order chi connectivity index (χ0) is 8.53. The van der Waals surface area contributed by atoms with Crippen LogP contribution in [0.5, 0.6) is 0 Å². The van der Waals surface area contributed by atoms with Crippen molar-refractivity contribution in [3.63, 3.8) is 0 Å². The van der Waals surface area contributed by atoms with E-state index in [2.05, 4.69) is 20.2 Å². The molecule has 1 aromatic rings. The minimum atomic E-state index is 0.715. The van der Waals surface area contributed by atoms with E-state index in [1.807, 2.05) is 24.3 Å². The van der Waals surface area contributed by atoms with E-state index in [4.69, 9.17) is 5.26 Å². The van der Waals surface area contributed by atoms with Gasteiger partial charge in [-0.1, -0.05) is 18.2 Å². The van der Waals surface area contributed by atoms with Gasteiger partial charge in [0.2, 0.25) is 0 Å². The number of halogens is 2. The van der Waals surface area contributed by atoms with E-state index in [-0.39, 0.29) is 0 Å². The van der Waals surface area contributed by atoms with Gasteiger partial charge in [-0.15, -0.1) is 0 Å². The molecule has 0 amide bonds. The van der Waals surface area contributed by atoms with Crippen molar-refractivity contribution < 1.29 is 13.1 Å². The van der Waals surface area contributed by atoms with E-state index < -0.39 is 0 Å². The van der Waals surface area contributed by atoms with Crippen molar-refractivity contribution in [2.75, 3.05) is 0 Å². The molecule has 0 saturated carbocycles. The summed E-state index contributed by atoms with van der Waals surface area (Å²) in [6.07, 6.45) is 0. The van der Waals surface area contributed by atoms with E-state index in [0.29, 0.717) is 5.56 Å². The van der Waals surface area contributed by atoms with Gasteiger partial charge in [0.1, 0.15) is 0 Å². The number of hydrogen-bond donors (Lipinski definition) is 0. The number of nitriles is 1. The minimum absolute atomic E-state index is 0.715. The summed E-state index contributed by atoms with van der Waals surface area (Å²) in [5.41, 5.74) is 0.715. The average Bonchev–Trinajstić information content (AvgIpc) is 2.08. The molecule has 0 radical (unpaired) electrons. The normalized spacial score (nSPS) is 7.73. The van der Waals surface area contributed by atoms with Crippen molar-refractivity contribution in [1.82, 2.24) is 0 Å². The van der Waals surface area contributed by atoms with Gasteiger partial charge in [0.15, 0.2) is 0 Å². The first-order valence-electron chi connectivity index (χ1n) is 2.61. The predicted molar refractivity (Wildman–Crippen MR) is 42.9 cm³/mol. The molecule has 63 valence electrons. The Bertz CT molecular complexity index is 220. The molecular weight excluding hydrogens is 233 g/mol. The third kappa shape index (κ3) is 6.22. The van der Waals surface area contributed by atoms with Gasteiger partial charge in [0.05, 0.1) is 11.6 Å². The van der Waals surface area contributed by atoms with Gasteiger partial charge in [-0.25, -0.2) is 0 Å². The van der Waals surface area contributed by atoms with E-state index in [1.165, 1.54) is 0 Å². The summed E-state index contributed by atoms with van der Waals surface area (Å²) >= 11 is 0.757. The Labute approximate surface area is 80.5 Å². The van der Waals surface area contributed by atoms with Gasteiger partial charge < -0.3 is 0 Å². The van der Waals surface area contributed by atoms with E-state index in [9.17, 15) is 0 Å². The Morgan fingerprint density at radius 2 is 1.64 bits per heavy atom. The Hall–Kier alpha value is -0.191. The Morgan fingerprint density at radius 1 is 1.18 bits per heavy atom. The quantitative estimate of drug-likeness (QED) is 0.637. The van der Waals surface area contributed by atoms with Gasteiger partial charge in [-0.05, 0) is 12.1 Å². The van der Waals surface area contributed by atoms with Gasteiger partial charge in [0.25, 0.3) is 0 Å². The number of nitrogens with zero attached hydrogens (tertiary/aromatic N) is 1. The summed E-state index contributed by atoms with van der Waals surface area (Å²) in [5, 5.41) is 8.29. The molecule has 0 unspecified atom stereocenters. The monoisotopic (exact) mass is 236 g/mol. The summed E-state index contributed by atoms with van der Waals surface area (Å²) in [7, 11) is 9.34. The molecule has 0 aliphatic rings. The molecule has 0 N–H and O–H groups in total. The van der Waals surface area contributed by atoms with Crippen LogP contribution < -0.4 is 0 Å². The van der Waals surface area contributed by atoms with Crippen LogP contribution >= 0.6 is 20.2 Å². The average molecular weight is 238 g/mol. The zero-order valence-corrected chi connectivity index (χ0v) is 7.84. The third-order valence-corrected chi connectivity index (χ3v) is 0.903. The van der Waals surface area contributed by atoms with Crippen LogP contribution in [0.25, 0.3) is 0 Å². The van der Waals surface area contributed by atoms with Crippen molar-refractivity contribution in [1.29, 1.82) is 5.26 Å². The van der Waals surface area contributed by atoms with E-state index in [0.717, 1.165) is 13.1 Å². The fourth-order valence-electron chi connectivity index (χ4n) is 0.513. The second kappa shape index (κ2) is 7.91. The van der Waals surface area contributed by atoms with Crippen LogP contribution in [0.2, 0.25) is 0 Å². The molecule has 1 aromatic carbocycles. The van der Waals surface area contributed by atoms with E-state index >= 15 is 0 Å². The molecule has 0 atom stereocenters. The Morgan fingerprint density at radius 3 is 1.91 bits per heavy atom. The molecule has 0 bridgehead atoms. The van der Waals surface area contributed by atoms with Crippen LogP contribution in [0.3, 0.4) is 0 Å². The Kier molecular flexibility index (Phi) is 7.77. The molecule has 0 aliphatic carbocycles. The van der Waals surface area contributed by atoms with Crippen molar-refractivity contribution in [2.24, 2.45) is 0 Å². The third-order valence-electron chi connectivity index (χ3n) is 0.903. The number of rotatable bonds is 0. The van der Waals surface area contributed by atoms with Crippen LogP contribution in [0.4, 0.5) is 0 Å². The molecule has 1 rings (SSSR count). The standard InChI is InChI=1S/C7H5N.2ClH.Cu/c8-6-7-4-2-1-3-5-7;;;/h1-5H;2*1H;/q;;;+2/p-2. The first kappa shape index (κ1) is 10.8. The van der Waals surface area contributed by atoms with Crippen molar-refractivity contribution >= 4 is 20.2 Å². The van der Waals surface area contributed by atoms with Gasteiger partial charge >= 0.3 is 33.3 Å². The molecule has 0 heterocycles. The second-order valence-corrected chi connectivity index (χ2v) is 3.08. The summed E-state index contributed by atoms with van der Waals surface area (Å²) in [6.45, 7) is 0. The van der Waals surface area contributed by atoms with Crippen molar-refractivity contribution in [3.8, 4) is 6.07 Å². The summed E-state index contributed by atoms with van der Waals surface area (Å²) < 4.78 is 0. The molecule has 0 aliphatic heterocycles. The van der Waals surface area contributed by atoms with Gasteiger partial charge in [-0.2, -0.15) is 5.26 Å². The molecule has 1 nitrogen and oxygen atoms in total. The van der Waals surface area contributed by atoms with Crippen molar-refractivity contribution in [3.05, 3.63) is 35.9 Å². The molecular formula is C7H5Cl2CuN. The van der Waals surface area contributed by atoms with Gasteiger partial charge in [-0.3, -0.25) is 0 Å². The van der Waals surface area contributed by atoms with Crippen LogP contribution in [-0.4, -0.2) is 0 Å². The first-order valence-corrected chi connectivity index (χ1v) is 5.20. The molecule has 0 saturated heterocycles. The number of hydrogen-bond acceptors (Lipinski definition) is 1. The first-order chi connectivity index (χ1) is 5.35. The molecule has 4 heteroatoms. The van der Waals surface area contributed by atoms with E-state index in [1.54, 1.807) is 12.1 Å². The Balaban J connectivity index is 0.000000292. The predicted octanol–water partition coefficient (Wildman–Crippen LogP) is 2.93. The fourth-order valence-corrected chi connectivity index (χ4v) is 0.513. The van der Waals surface area contributed by atoms with Gasteiger partial charge in [0, 0.05) is 0 Å². The van der Waals surface area contributed by atoms with Crippen LogP contribution in [-0.2, 0) is 13.1 Å². The maximum absolute atomic E-state index is 8.29.